The lowest BCUT2D eigenvalue weighted by molar-refractivity contribution is 0.0998. The van der Waals surface area contributed by atoms with Crippen molar-refractivity contribution in [3.8, 4) is 0 Å². The van der Waals surface area contributed by atoms with Crippen LogP contribution in [-0.2, 0) is 0 Å². The van der Waals surface area contributed by atoms with Crippen LogP contribution in [0.1, 0.15) is 36.9 Å². The molecule has 3 rings (SSSR count). The molecule has 5 heteroatoms. The zero-order valence-electron chi connectivity index (χ0n) is 15.8. The zero-order chi connectivity index (χ0) is 19.1. The predicted molar refractivity (Wildman–Crippen MR) is 109 cm³/mol. The Morgan fingerprint density at radius 2 is 2.04 bits per heavy atom. The second-order valence-electron chi connectivity index (χ2n) is 7.36. The smallest absolute Gasteiger partial charge is 0.321 e. The van der Waals surface area contributed by atoms with Gasteiger partial charge in [0.1, 0.15) is 0 Å². The highest BCUT2D eigenvalue weighted by molar-refractivity contribution is 5.89. The molecule has 0 aliphatic heterocycles. The molecule has 0 saturated heterocycles. The second kappa shape index (κ2) is 8.82. The van der Waals surface area contributed by atoms with E-state index in [1.165, 1.54) is 0 Å². The Hall–Kier alpha value is -2.66. The summed E-state index contributed by atoms with van der Waals surface area (Å²) in [5.74, 6) is 0. The fourth-order valence-corrected chi connectivity index (χ4v) is 3.66. The van der Waals surface area contributed by atoms with Gasteiger partial charge >= 0.3 is 6.03 Å². The first-order chi connectivity index (χ1) is 13.1. The average Bonchev–Trinajstić information content (AvgIpc) is 3.16. The maximum atomic E-state index is 12.6. The Morgan fingerprint density at radius 1 is 1.22 bits per heavy atom. The molecule has 1 fully saturated rings. The zero-order valence-corrected chi connectivity index (χ0v) is 15.8. The summed E-state index contributed by atoms with van der Waals surface area (Å²) < 4.78 is 0. The predicted octanol–water partition coefficient (Wildman–Crippen LogP) is 4.27. The van der Waals surface area contributed by atoms with Crippen molar-refractivity contribution in [2.45, 2.75) is 25.7 Å². The topological polar surface area (TPSA) is 65.5 Å². The number of aromatic nitrogens is 1. The Labute approximate surface area is 160 Å². The van der Waals surface area contributed by atoms with Crippen LogP contribution in [0.4, 0.5) is 10.5 Å². The summed E-state index contributed by atoms with van der Waals surface area (Å²) in [6.07, 6.45) is 9.89. The summed E-state index contributed by atoms with van der Waals surface area (Å²) in [4.78, 5) is 18.5. The molecule has 1 saturated carbocycles. The number of aliphatic hydroxyl groups excluding tert-OH is 1. The van der Waals surface area contributed by atoms with Crippen molar-refractivity contribution in [1.82, 2.24) is 9.88 Å². The Balaban J connectivity index is 1.61. The molecule has 5 nitrogen and oxygen atoms in total. The van der Waals surface area contributed by atoms with Gasteiger partial charge in [0.15, 0.2) is 0 Å². The van der Waals surface area contributed by atoms with Gasteiger partial charge in [-0.1, -0.05) is 37.1 Å². The van der Waals surface area contributed by atoms with E-state index < -0.39 is 0 Å². The Kier molecular flexibility index (Phi) is 6.24. The molecule has 0 radical (unpaired) electrons. The Morgan fingerprint density at radius 3 is 2.74 bits per heavy atom. The molecular formula is C22H27N3O2. The number of rotatable bonds is 6. The van der Waals surface area contributed by atoms with Crippen molar-refractivity contribution in [1.29, 1.82) is 0 Å². The van der Waals surface area contributed by atoms with E-state index >= 15 is 0 Å². The normalized spacial score (nSPS) is 15.8. The third kappa shape index (κ3) is 5.17. The number of nitrogens with zero attached hydrogens (tertiary/aromatic N) is 2. The van der Waals surface area contributed by atoms with E-state index in [9.17, 15) is 9.90 Å². The van der Waals surface area contributed by atoms with Gasteiger partial charge in [-0.05, 0) is 48.7 Å². The van der Waals surface area contributed by atoms with E-state index in [1.807, 2.05) is 54.6 Å². The third-order valence-corrected chi connectivity index (χ3v) is 5.19. The quantitative estimate of drug-likeness (QED) is 0.803. The van der Waals surface area contributed by atoms with Crippen molar-refractivity contribution < 1.29 is 9.90 Å². The minimum Gasteiger partial charge on any atom is -0.396 e. The number of hydrogen-bond donors (Lipinski definition) is 2. The van der Waals surface area contributed by atoms with E-state index in [0.29, 0.717) is 6.54 Å². The minimum atomic E-state index is -0.152. The Bertz CT molecular complexity index is 783. The van der Waals surface area contributed by atoms with Gasteiger partial charge in [-0.3, -0.25) is 4.98 Å². The van der Waals surface area contributed by atoms with Gasteiger partial charge in [0, 0.05) is 30.9 Å². The van der Waals surface area contributed by atoms with Crippen LogP contribution >= 0.6 is 0 Å². The molecule has 0 spiro atoms. The molecule has 1 aliphatic carbocycles. The first kappa shape index (κ1) is 19.1. The highest BCUT2D eigenvalue weighted by Crippen LogP contribution is 2.38. The highest BCUT2D eigenvalue weighted by Gasteiger charge is 2.35. The van der Waals surface area contributed by atoms with Crippen molar-refractivity contribution in [2.75, 3.05) is 25.5 Å². The summed E-state index contributed by atoms with van der Waals surface area (Å²) >= 11 is 0. The van der Waals surface area contributed by atoms with Crippen LogP contribution in [0.3, 0.4) is 0 Å². The summed E-state index contributed by atoms with van der Waals surface area (Å²) in [7, 11) is 1.79. The van der Waals surface area contributed by atoms with Crippen molar-refractivity contribution in [3.05, 3.63) is 59.9 Å². The second-order valence-corrected chi connectivity index (χ2v) is 7.36. The first-order valence-electron chi connectivity index (χ1n) is 9.42. The number of amides is 2. The molecule has 1 aromatic carbocycles. The van der Waals surface area contributed by atoms with E-state index in [1.54, 1.807) is 18.1 Å². The minimum absolute atomic E-state index is 0.137. The summed E-state index contributed by atoms with van der Waals surface area (Å²) in [5, 5.41) is 12.7. The van der Waals surface area contributed by atoms with E-state index in [2.05, 4.69) is 10.3 Å². The van der Waals surface area contributed by atoms with E-state index in [4.69, 9.17) is 0 Å². The molecule has 1 aliphatic rings. The SMILES string of the molecule is CN(CC1(CO)CCCC1)C(=O)Nc1cccc(C=Cc2ccccn2)c1. The number of hydrogen-bond acceptors (Lipinski definition) is 3. The van der Waals surface area contributed by atoms with Gasteiger partial charge in [-0.15, -0.1) is 0 Å². The van der Waals surface area contributed by atoms with Gasteiger partial charge in [0.25, 0.3) is 0 Å². The molecule has 27 heavy (non-hydrogen) atoms. The van der Waals surface area contributed by atoms with Gasteiger partial charge in [-0.25, -0.2) is 4.79 Å². The largest absolute Gasteiger partial charge is 0.396 e. The number of anilines is 1. The molecular weight excluding hydrogens is 338 g/mol. The number of carbonyl (C=O) groups is 1. The first-order valence-corrected chi connectivity index (χ1v) is 9.42. The van der Waals surface area contributed by atoms with Crippen molar-refractivity contribution in [3.63, 3.8) is 0 Å². The summed E-state index contributed by atoms with van der Waals surface area (Å²) in [5.41, 5.74) is 2.49. The van der Waals surface area contributed by atoms with Crippen LogP contribution < -0.4 is 5.32 Å². The number of carbonyl (C=O) groups excluding carboxylic acids is 1. The van der Waals surface area contributed by atoms with Gasteiger partial charge in [0.05, 0.1) is 12.3 Å². The van der Waals surface area contributed by atoms with Crippen LogP contribution in [0.5, 0.6) is 0 Å². The lowest BCUT2D eigenvalue weighted by atomic mass is 9.87. The van der Waals surface area contributed by atoms with Crippen LogP contribution in [0.15, 0.2) is 48.7 Å². The number of pyridine rings is 1. The summed E-state index contributed by atoms with van der Waals surface area (Å²) in [6, 6.07) is 13.3. The van der Waals surface area contributed by atoms with Gasteiger partial charge in [-0.2, -0.15) is 0 Å². The molecule has 0 unspecified atom stereocenters. The fraction of sp³-hybridized carbons (Fsp3) is 0.364. The van der Waals surface area contributed by atoms with Crippen LogP contribution in [-0.4, -0.2) is 41.2 Å². The molecule has 0 bridgehead atoms. The number of benzene rings is 1. The van der Waals surface area contributed by atoms with Crippen molar-refractivity contribution >= 4 is 23.9 Å². The van der Waals surface area contributed by atoms with Gasteiger partial charge in [0.2, 0.25) is 0 Å². The molecule has 2 amide bonds. The van der Waals surface area contributed by atoms with Crippen molar-refractivity contribution in [2.24, 2.45) is 5.41 Å². The highest BCUT2D eigenvalue weighted by atomic mass is 16.3. The number of aliphatic hydroxyl groups is 1. The fourth-order valence-electron chi connectivity index (χ4n) is 3.66. The molecule has 1 aromatic heterocycles. The number of nitrogens with one attached hydrogen (secondary N) is 1. The molecule has 142 valence electrons. The molecule has 1 heterocycles. The van der Waals surface area contributed by atoms with Crippen LogP contribution in [0.25, 0.3) is 12.2 Å². The maximum Gasteiger partial charge on any atom is 0.321 e. The van der Waals surface area contributed by atoms with E-state index in [0.717, 1.165) is 42.6 Å². The van der Waals surface area contributed by atoms with Gasteiger partial charge < -0.3 is 15.3 Å². The molecule has 2 N–H and O–H groups in total. The monoisotopic (exact) mass is 365 g/mol. The standard InChI is InChI=1S/C22H27N3O2/c1-25(16-22(17-26)12-3-4-13-22)21(27)24-20-9-6-7-18(15-20)10-11-19-8-2-5-14-23-19/h2,5-11,14-15,26H,3-4,12-13,16-17H2,1H3,(H,24,27). The number of urea groups is 1. The lowest BCUT2D eigenvalue weighted by Gasteiger charge is -2.31. The van der Waals surface area contributed by atoms with Crippen LogP contribution in [0, 0.1) is 5.41 Å². The average molecular weight is 365 g/mol. The third-order valence-electron chi connectivity index (χ3n) is 5.19. The maximum absolute atomic E-state index is 12.6. The molecule has 0 atom stereocenters. The van der Waals surface area contributed by atoms with Crippen LogP contribution in [0.2, 0.25) is 0 Å². The molecule has 2 aromatic rings. The van der Waals surface area contributed by atoms with E-state index in [-0.39, 0.29) is 18.1 Å². The lowest BCUT2D eigenvalue weighted by Crippen LogP contribution is -2.41. The summed E-state index contributed by atoms with van der Waals surface area (Å²) in [6.45, 7) is 0.715.